The summed E-state index contributed by atoms with van der Waals surface area (Å²) in [6.45, 7) is 11.3. The Kier molecular flexibility index (Phi) is 8.19. The number of allylic oxidation sites excluding steroid dienone is 2. The van der Waals surface area contributed by atoms with Gasteiger partial charge in [0.05, 0.1) is 6.54 Å². The molecule has 3 aromatic rings. The van der Waals surface area contributed by atoms with Crippen LogP contribution in [0, 0.1) is 5.82 Å². The summed E-state index contributed by atoms with van der Waals surface area (Å²) < 4.78 is 14.5. The summed E-state index contributed by atoms with van der Waals surface area (Å²) in [5.74, 6) is -0.209. The molecule has 0 saturated carbocycles. The summed E-state index contributed by atoms with van der Waals surface area (Å²) >= 11 is 0. The van der Waals surface area contributed by atoms with Crippen LogP contribution in [0.15, 0.2) is 85.5 Å². The first-order valence-electron chi connectivity index (χ1n) is 11.7. The fourth-order valence-electron chi connectivity index (χ4n) is 4.34. The van der Waals surface area contributed by atoms with Crippen molar-refractivity contribution in [1.29, 1.82) is 0 Å². The van der Waals surface area contributed by atoms with Crippen LogP contribution in [-0.2, 0) is 0 Å². The molecule has 0 fully saturated rings. The lowest BCUT2D eigenvalue weighted by Crippen LogP contribution is -2.40. The SMILES string of the molecule is C=C(C)c1ccc([N+](CCCCCC)(c2ccc(F)cc2)c2ccc(C=CC)cc2)cc1. The Bertz CT molecular complexity index is 1030. The molecule has 0 heterocycles. The Labute approximate surface area is 193 Å². The van der Waals surface area contributed by atoms with E-state index in [0.29, 0.717) is 4.48 Å². The van der Waals surface area contributed by atoms with Crippen molar-refractivity contribution in [3.05, 3.63) is 102 Å². The van der Waals surface area contributed by atoms with Gasteiger partial charge in [-0.25, -0.2) is 8.87 Å². The number of hydrogen-bond acceptors (Lipinski definition) is 0. The molecule has 0 amide bonds. The van der Waals surface area contributed by atoms with Crippen molar-refractivity contribution in [1.82, 2.24) is 4.48 Å². The van der Waals surface area contributed by atoms with E-state index in [1.807, 2.05) is 26.0 Å². The van der Waals surface area contributed by atoms with Crippen LogP contribution in [0.1, 0.15) is 57.6 Å². The molecule has 0 bridgehead atoms. The predicted octanol–water partition coefficient (Wildman–Crippen LogP) is 9.44. The van der Waals surface area contributed by atoms with Gasteiger partial charge < -0.3 is 0 Å². The van der Waals surface area contributed by atoms with E-state index < -0.39 is 0 Å². The quantitative estimate of drug-likeness (QED) is 0.223. The molecule has 3 aromatic carbocycles. The van der Waals surface area contributed by atoms with Crippen molar-refractivity contribution < 1.29 is 4.39 Å². The number of benzene rings is 3. The van der Waals surface area contributed by atoms with Crippen molar-refractivity contribution in [3.63, 3.8) is 0 Å². The van der Waals surface area contributed by atoms with Gasteiger partial charge in [0.1, 0.15) is 22.9 Å². The van der Waals surface area contributed by atoms with E-state index in [4.69, 9.17) is 0 Å². The minimum absolute atomic E-state index is 0.209. The molecule has 0 saturated heterocycles. The van der Waals surface area contributed by atoms with Crippen molar-refractivity contribution in [2.24, 2.45) is 0 Å². The molecule has 0 radical (unpaired) electrons. The van der Waals surface area contributed by atoms with E-state index in [9.17, 15) is 4.39 Å². The molecule has 166 valence electrons. The molecule has 2 heteroatoms. The van der Waals surface area contributed by atoms with Gasteiger partial charge in [-0.05, 0) is 74.2 Å². The van der Waals surface area contributed by atoms with E-state index >= 15 is 0 Å². The van der Waals surface area contributed by atoms with Crippen LogP contribution in [0.2, 0.25) is 0 Å². The smallest absolute Gasteiger partial charge is 0.143 e. The number of rotatable bonds is 10. The second-order valence-corrected chi connectivity index (χ2v) is 8.49. The molecule has 0 N–H and O–H groups in total. The van der Waals surface area contributed by atoms with Crippen LogP contribution in [0.4, 0.5) is 21.5 Å². The molecular weight excluding hydrogens is 393 g/mol. The molecule has 0 aliphatic rings. The largest absolute Gasteiger partial charge is 0.227 e. The Balaban J connectivity index is 2.20. The third kappa shape index (κ3) is 5.26. The fourth-order valence-corrected chi connectivity index (χ4v) is 4.34. The maximum atomic E-state index is 13.9. The molecule has 1 unspecified atom stereocenters. The summed E-state index contributed by atoms with van der Waals surface area (Å²) in [6.07, 6.45) is 8.85. The lowest BCUT2D eigenvalue weighted by Gasteiger charge is -2.38. The zero-order chi connectivity index (χ0) is 23.0. The number of halogens is 1. The monoisotopic (exact) mass is 428 g/mol. The van der Waals surface area contributed by atoms with Gasteiger partial charge in [-0.15, -0.1) is 0 Å². The molecule has 0 aliphatic carbocycles. The minimum atomic E-state index is -0.209. The van der Waals surface area contributed by atoms with Crippen LogP contribution < -0.4 is 4.48 Å². The second-order valence-electron chi connectivity index (χ2n) is 8.49. The van der Waals surface area contributed by atoms with E-state index in [2.05, 4.69) is 74.2 Å². The molecule has 1 atom stereocenters. The molecule has 0 aliphatic heterocycles. The van der Waals surface area contributed by atoms with Gasteiger partial charge in [-0.1, -0.05) is 44.1 Å². The molecule has 32 heavy (non-hydrogen) atoms. The second kappa shape index (κ2) is 11.1. The first kappa shape index (κ1) is 23.7. The Morgan fingerprint density at radius 1 is 0.812 bits per heavy atom. The van der Waals surface area contributed by atoms with Gasteiger partial charge in [0, 0.05) is 36.4 Å². The highest BCUT2D eigenvalue weighted by Gasteiger charge is 2.36. The Hall–Kier alpha value is -2.97. The molecular formula is C30H35FN+. The van der Waals surface area contributed by atoms with Crippen LogP contribution in [0.3, 0.4) is 0 Å². The predicted molar refractivity (Wildman–Crippen MR) is 139 cm³/mol. The molecule has 3 rings (SSSR count). The first-order chi connectivity index (χ1) is 15.5. The number of quaternary nitrogens is 1. The molecule has 0 aromatic heterocycles. The highest BCUT2D eigenvalue weighted by molar-refractivity contribution is 5.73. The van der Waals surface area contributed by atoms with E-state index in [1.165, 1.54) is 36.2 Å². The standard InChI is InChI=1S/C30H35FN/c1-5-7-8-9-23-32(30-21-15-27(31)16-22-30,28-17-11-25(10-6-2)12-18-28)29-19-13-26(14-20-29)24(3)4/h6,10-22H,3,5,7-9,23H2,1-2,4H3/q+1. The normalized spacial score (nSPS) is 13.2. The molecule has 1 nitrogen and oxygen atoms in total. The van der Waals surface area contributed by atoms with Crippen molar-refractivity contribution in [2.45, 2.75) is 46.5 Å². The van der Waals surface area contributed by atoms with Crippen LogP contribution in [-0.4, -0.2) is 6.54 Å². The van der Waals surface area contributed by atoms with Crippen LogP contribution in [0.5, 0.6) is 0 Å². The summed E-state index contributed by atoms with van der Waals surface area (Å²) in [7, 11) is 0. The summed E-state index contributed by atoms with van der Waals surface area (Å²) in [5.41, 5.74) is 6.80. The number of nitrogens with zero attached hydrogens (tertiary/aromatic N) is 1. The van der Waals surface area contributed by atoms with Gasteiger partial charge in [-0.2, -0.15) is 0 Å². The summed E-state index contributed by atoms with van der Waals surface area (Å²) in [6, 6.07) is 24.5. The van der Waals surface area contributed by atoms with Gasteiger partial charge in [-0.3, -0.25) is 0 Å². The zero-order valence-corrected chi connectivity index (χ0v) is 19.7. The number of hydrogen-bond donors (Lipinski definition) is 0. The van der Waals surface area contributed by atoms with Crippen LogP contribution >= 0.6 is 0 Å². The zero-order valence-electron chi connectivity index (χ0n) is 19.7. The number of unbranched alkanes of at least 4 members (excludes halogenated alkanes) is 3. The van der Waals surface area contributed by atoms with E-state index in [-0.39, 0.29) is 5.82 Å². The van der Waals surface area contributed by atoms with Crippen molar-refractivity contribution in [2.75, 3.05) is 6.54 Å². The fraction of sp³-hybridized carbons (Fsp3) is 0.267. The topological polar surface area (TPSA) is 0 Å². The molecule has 0 spiro atoms. The third-order valence-corrected chi connectivity index (χ3v) is 6.11. The Morgan fingerprint density at radius 2 is 1.34 bits per heavy atom. The van der Waals surface area contributed by atoms with Gasteiger partial charge in [0.15, 0.2) is 0 Å². The van der Waals surface area contributed by atoms with Gasteiger partial charge >= 0.3 is 0 Å². The van der Waals surface area contributed by atoms with Gasteiger partial charge in [0.2, 0.25) is 0 Å². The average Bonchev–Trinajstić information content (AvgIpc) is 2.81. The van der Waals surface area contributed by atoms with E-state index in [0.717, 1.165) is 29.8 Å². The Morgan fingerprint density at radius 3 is 1.84 bits per heavy atom. The van der Waals surface area contributed by atoms with Crippen molar-refractivity contribution >= 4 is 28.7 Å². The summed E-state index contributed by atoms with van der Waals surface area (Å²) in [5, 5.41) is 0. The minimum Gasteiger partial charge on any atom is -0.227 e. The maximum absolute atomic E-state index is 13.9. The average molecular weight is 429 g/mol. The highest BCUT2D eigenvalue weighted by atomic mass is 19.1. The lowest BCUT2D eigenvalue weighted by molar-refractivity contribution is 0.480. The highest BCUT2D eigenvalue weighted by Crippen LogP contribution is 2.44. The van der Waals surface area contributed by atoms with Crippen molar-refractivity contribution in [3.8, 4) is 0 Å². The lowest BCUT2D eigenvalue weighted by atomic mass is 10.0. The van der Waals surface area contributed by atoms with E-state index in [1.54, 1.807) is 12.1 Å². The van der Waals surface area contributed by atoms with Crippen LogP contribution in [0.25, 0.3) is 11.6 Å². The maximum Gasteiger partial charge on any atom is 0.143 e. The summed E-state index contributed by atoms with van der Waals surface area (Å²) in [4.78, 5) is 0. The third-order valence-electron chi connectivity index (χ3n) is 6.11. The van der Waals surface area contributed by atoms with Gasteiger partial charge in [0.25, 0.3) is 0 Å². The first-order valence-corrected chi connectivity index (χ1v) is 11.7.